The third-order valence-corrected chi connectivity index (χ3v) is 3.94. The molecule has 22 heavy (non-hydrogen) atoms. The van der Waals surface area contributed by atoms with Crippen molar-refractivity contribution in [3.63, 3.8) is 0 Å². The minimum atomic E-state index is -0.0486. The molecule has 0 aliphatic rings. The molecule has 0 unspecified atom stereocenters. The Morgan fingerprint density at radius 3 is 2.55 bits per heavy atom. The average Bonchev–Trinajstić information content (AvgIpc) is 2.52. The van der Waals surface area contributed by atoms with E-state index in [9.17, 15) is 4.79 Å². The van der Waals surface area contributed by atoms with Crippen LogP contribution in [-0.2, 0) is 6.42 Å². The number of halogens is 1. The van der Waals surface area contributed by atoms with Crippen LogP contribution in [0.2, 0.25) is 5.02 Å². The van der Waals surface area contributed by atoms with E-state index in [1.165, 1.54) is 0 Å². The molecule has 0 amide bonds. The van der Waals surface area contributed by atoms with Gasteiger partial charge in [-0.15, -0.1) is 0 Å². The molecule has 0 aromatic heterocycles. The number of ether oxygens (including phenoxy) is 1. The minimum Gasteiger partial charge on any atom is -0.497 e. The molecule has 116 valence electrons. The van der Waals surface area contributed by atoms with Crippen LogP contribution >= 0.6 is 11.6 Å². The molecular weight excluding hydrogens is 296 g/mol. The van der Waals surface area contributed by atoms with Gasteiger partial charge < -0.3 is 4.74 Å². The van der Waals surface area contributed by atoms with E-state index in [-0.39, 0.29) is 11.7 Å². The van der Waals surface area contributed by atoms with Gasteiger partial charge in [0.05, 0.1) is 7.11 Å². The van der Waals surface area contributed by atoms with Gasteiger partial charge in [0.1, 0.15) is 5.75 Å². The second-order valence-electron chi connectivity index (χ2n) is 5.59. The normalized spacial score (nSPS) is 10.8. The summed E-state index contributed by atoms with van der Waals surface area (Å²) in [6.07, 6.45) is 0.819. The van der Waals surface area contributed by atoms with E-state index >= 15 is 0 Å². The quantitative estimate of drug-likeness (QED) is 0.689. The predicted molar refractivity (Wildman–Crippen MR) is 92.0 cm³/mol. The number of hydrogen-bond acceptors (Lipinski definition) is 2. The van der Waals surface area contributed by atoms with Gasteiger partial charge in [-0.2, -0.15) is 0 Å². The number of methoxy groups -OCH3 is 1. The van der Waals surface area contributed by atoms with Crippen LogP contribution in [0.4, 0.5) is 0 Å². The fraction of sp³-hybridized carbons (Fsp3) is 0.316. The summed E-state index contributed by atoms with van der Waals surface area (Å²) in [7, 11) is 1.61. The van der Waals surface area contributed by atoms with Crippen LogP contribution in [0.5, 0.6) is 5.75 Å². The zero-order valence-electron chi connectivity index (χ0n) is 13.4. The summed E-state index contributed by atoms with van der Waals surface area (Å²) >= 11 is 6.18. The second kappa shape index (κ2) is 6.97. The van der Waals surface area contributed by atoms with Gasteiger partial charge >= 0.3 is 0 Å². The first-order valence-corrected chi connectivity index (χ1v) is 7.86. The minimum absolute atomic E-state index is 0.0486. The first-order chi connectivity index (χ1) is 10.5. The fourth-order valence-electron chi connectivity index (χ4n) is 2.55. The Kier molecular flexibility index (Phi) is 5.25. The lowest BCUT2D eigenvalue weighted by atomic mass is 9.88. The molecule has 0 aliphatic carbocycles. The molecule has 2 aromatic rings. The molecular formula is C19H21ClO2. The third kappa shape index (κ3) is 3.33. The van der Waals surface area contributed by atoms with Crippen LogP contribution in [0.1, 0.15) is 36.7 Å². The molecule has 2 rings (SSSR count). The molecule has 0 radical (unpaired) electrons. The third-order valence-electron chi connectivity index (χ3n) is 3.72. The lowest BCUT2D eigenvalue weighted by Crippen LogP contribution is -2.12. The van der Waals surface area contributed by atoms with Gasteiger partial charge in [0.2, 0.25) is 0 Å². The Balaban J connectivity index is 2.70. The molecule has 0 spiro atoms. The van der Waals surface area contributed by atoms with Crippen molar-refractivity contribution in [2.75, 3.05) is 7.11 Å². The number of ketones is 1. The van der Waals surface area contributed by atoms with E-state index in [4.69, 9.17) is 16.3 Å². The van der Waals surface area contributed by atoms with E-state index in [2.05, 4.69) is 6.92 Å². The van der Waals surface area contributed by atoms with Crippen molar-refractivity contribution in [1.82, 2.24) is 0 Å². The highest BCUT2D eigenvalue weighted by Crippen LogP contribution is 2.33. The second-order valence-corrected chi connectivity index (χ2v) is 6.03. The van der Waals surface area contributed by atoms with Gasteiger partial charge in [-0.1, -0.05) is 50.6 Å². The molecule has 0 heterocycles. The van der Waals surface area contributed by atoms with Crippen molar-refractivity contribution >= 4 is 17.4 Å². The summed E-state index contributed by atoms with van der Waals surface area (Å²) in [4.78, 5) is 12.7. The molecule has 2 aromatic carbocycles. The van der Waals surface area contributed by atoms with E-state index in [1.54, 1.807) is 13.2 Å². The zero-order valence-corrected chi connectivity index (χ0v) is 14.2. The van der Waals surface area contributed by atoms with Crippen LogP contribution < -0.4 is 4.74 Å². The van der Waals surface area contributed by atoms with E-state index < -0.39 is 0 Å². The molecule has 0 atom stereocenters. The Hall–Kier alpha value is -1.80. The summed E-state index contributed by atoms with van der Waals surface area (Å²) in [6.45, 7) is 5.92. The lowest BCUT2D eigenvalue weighted by molar-refractivity contribution is 0.0939. The van der Waals surface area contributed by atoms with Crippen LogP contribution in [0.3, 0.4) is 0 Å². The lowest BCUT2D eigenvalue weighted by Gasteiger charge is -2.16. The first kappa shape index (κ1) is 16.6. The largest absolute Gasteiger partial charge is 0.497 e. The van der Waals surface area contributed by atoms with E-state index in [0.29, 0.717) is 10.8 Å². The van der Waals surface area contributed by atoms with Crippen LogP contribution in [0.15, 0.2) is 36.4 Å². The van der Waals surface area contributed by atoms with Gasteiger partial charge in [-0.25, -0.2) is 0 Å². The predicted octanol–water partition coefficient (Wildman–Crippen LogP) is 5.42. The van der Waals surface area contributed by atoms with Gasteiger partial charge in [-0.05, 0) is 41.3 Å². The maximum Gasteiger partial charge on any atom is 0.166 e. The summed E-state index contributed by atoms with van der Waals surface area (Å²) < 4.78 is 5.29. The van der Waals surface area contributed by atoms with Crippen molar-refractivity contribution in [3.8, 4) is 16.9 Å². The smallest absolute Gasteiger partial charge is 0.166 e. The highest BCUT2D eigenvalue weighted by atomic mass is 35.5. The van der Waals surface area contributed by atoms with Crippen molar-refractivity contribution in [2.45, 2.75) is 27.2 Å². The molecule has 0 saturated heterocycles. The maximum atomic E-state index is 12.7. The number of benzene rings is 2. The highest BCUT2D eigenvalue weighted by molar-refractivity contribution is 6.31. The van der Waals surface area contributed by atoms with Crippen LogP contribution in [0.25, 0.3) is 11.1 Å². The van der Waals surface area contributed by atoms with Crippen LogP contribution in [0, 0.1) is 5.92 Å². The Bertz CT molecular complexity index is 690. The molecule has 0 fully saturated rings. The summed E-state index contributed by atoms with van der Waals surface area (Å²) in [5.74, 6) is 0.797. The molecule has 2 nitrogen and oxygen atoms in total. The number of aryl methyl sites for hydroxylation is 1. The van der Waals surface area contributed by atoms with Gasteiger partial charge in [-0.3, -0.25) is 4.79 Å². The summed E-state index contributed by atoms with van der Waals surface area (Å²) in [6, 6.07) is 11.5. The number of hydrogen-bond donors (Lipinski definition) is 0. The zero-order chi connectivity index (χ0) is 16.3. The molecule has 3 heteroatoms. The number of rotatable bonds is 5. The Labute approximate surface area is 137 Å². The Morgan fingerprint density at radius 1 is 1.23 bits per heavy atom. The van der Waals surface area contributed by atoms with Gasteiger partial charge in [0.15, 0.2) is 5.78 Å². The SMILES string of the molecule is CCc1cccc(-c2cc(Cl)cc(OC)c2)c1C(=O)C(C)C. The average molecular weight is 317 g/mol. The first-order valence-electron chi connectivity index (χ1n) is 7.49. The van der Waals surface area contributed by atoms with E-state index in [0.717, 1.165) is 28.7 Å². The van der Waals surface area contributed by atoms with E-state index in [1.807, 2.05) is 44.2 Å². The molecule has 0 aliphatic heterocycles. The van der Waals surface area contributed by atoms with Crippen molar-refractivity contribution in [3.05, 3.63) is 52.5 Å². The number of carbonyl (C=O) groups excluding carboxylic acids is 1. The van der Waals surface area contributed by atoms with Crippen molar-refractivity contribution in [2.24, 2.45) is 5.92 Å². The monoisotopic (exact) mass is 316 g/mol. The summed E-state index contributed by atoms with van der Waals surface area (Å²) in [5.41, 5.74) is 3.68. The van der Waals surface area contributed by atoms with Gasteiger partial charge in [0.25, 0.3) is 0 Å². The van der Waals surface area contributed by atoms with Gasteiger partial charge in [0, 0.05) is 16.5 Å². The number of Topliss-reactive ketones (excluding diaryl/α,β-unsaturated/α-hetero) is 1. The number of carbonyl (C=O) groups is 1. The van der Waals surface area contributed by atoms with Crippen molar-refractivity contribution in [1.29, 1.82) is 0 Å². The maximum absolute atomic E-state index is 12.7. The highest BCUT2D eigenvalue weighted by Gasteiger charge is 2.19. The summed E-state index contributed by atoms with van der Waals surface area (Å²) in [5, 5.41) is 0.596. The standard InChI is InChI=1S/C19H21ClO2/c1-5-13-7-6-8-17(18(13)19(21)12(2)3)14-9-15(20)11-16(10-14)22-4/h6-12H,5H2,1-4H3. The molecule has 0 saturated carbocycles. The topological polar surface area (TPSA) is 26.3 Å². The van der Waals surface area contributed by atoms with Crippen LogP contribution in [-0.4, -0.2) is 12.9 Å². The Morgan fingerprint density at radius 2 is 1.95 bits per heavy atom. The van der Waals surface area contributed by atoms with Crippen molar-refractivity contribution < 1.29 is 9.53 Å². The molecule has 0 N–H and O–H groups in total. The fourth-order valence-corrected chi connectivity index (χ4v) is 2.78. The molecule has 0 bridgehead atoms.